The molecule has 0 spiro atoms. The molecule has 0 aliphatic carbocycles. The summed E-state index contributed by atoms with van der Waals surface area (Å²) in [5.41, 5.74) is 0. The molecule has 0 saturated carbocycles. The van der Waals surface area contributed by atoms with Gasteiger partial charge in [0.25, 0.3) is 10.1 Å². The van der Waals surface area contributed by atoms with Crippen molar-refractivity contribution < 1.29 is 25.2 Å². The first kappa shape index (κ1) is 27.6. The van der Waals surface area contributed by atoms with Gasteiger partial charge in [0.2, 0.25) is 0 Å². The summed E-state index contributed by atoms with van der Waals surface area (Å²) in [5.74, 6) is 0.311. The van der Waals surface area contributed by atoms with Gasteiger partial charge in [0.15, 0.2) is 0 Å². The molecule has 0 radical (unpaired) electrons. The fourth-order valence-electron chi connectivity index (χ4n) is 2.94. The molecule has 0 atom stereocenters. The smallest absolute Gasteiger partial charge is 0.339 e. The van der Waals surface area contributed by atoms with Crippen molar-refractivity contribution in [2.45, 2.75) is 55.2 Å². The Hall–Kier alpha value is -2.68. The normalized spacial score (nSPS) is 11.3. The second-order valence-corrected chi connectivity index (χ2v) is 10.7. The van der Waals surface area contributed by atoms with E-state index in [2.05, 4.69) is 6.92 Å². The number of unbranched alkanes of at least 4 members (excludes halogenated alkanes) is 5. The average Bonchev–Trinajstić information content (AvgIpc) is 2.85. The van der Waals surface area contributed by atoms with Gasteiger partial charge in [0, 0.05) is 0 Å². The minimum absolute atomic E-state index is 0.152. The van der Waals surface area contributed by atoms with Crippen LogP contribution in [0, 0.1) is 0 Å². The second-order valence-electron chi connectivity index (χ2n) is 7.52. The zero-order valence-corrected chi connectivity index (χ0v) is 21.0. The Balaban J connectivity index is 0.000000241. The molecule has 3 aromatic carbocycles. The summed E-state index contributed by atoms with van der Waals surface area (Å²) in [6.45, 7) is 2.46. The highest BCUT2D eigenvalue weighted by atomic mass is 32.2. The van der Waals surface area contributed by atoms with Crippen molar-refractivity contribution in [3.63, 3.8) is 0 Å². The van der Waals surface area contributed by atoms with Crippen molar-refractivity contribution in [1.82, 2.24) is 0 Å². The highest BCUT2D eigenvalue weighted by Crippen LogP contribution is 2.17. The molecule has 0 aliphatic rings. The van der Waals surface area contributed by atoms with Crippen LogP contribution < -0.4 is 4.18 Å². The molecule has 184 valence electrons. The molecule has 6 nitrogen and oxygen atoms in total. The van der Waals surface area contributed by atoms with E-state index in [1.54, 1.807) is 78.9 Å². The molecule has 0 amide bonds. The summed E-state index contributed by atoms with van der Waals surface area (Å²) < 4.78 is 57.0. The van der Waals surface area contributed by atoms with Crippen LogP contribution in [-0.2, 0) is 24.4 Å². The first-order valence-electron chi connectivity index (χ1n) is 11.3. The van der Waals surface area contributed by atoms with Gasteiger partial charge in [-0.15, -0.1) is 0 Å². The fourth-order valence-corrected chi connectivity index (χ4v) is 4.86. The van der Waals surface area contributed by atoms with Crippen molar-refractivity contribution in [3.8, 4) is 5.75 Å². The van der Waals surface area contributed by atoms with E-state index in [1.807, 2.05) is 0 Å². The number of rotatable bonds is 12. The van der Waals surface area contributed by atoms with E-state index in [1.165, 1.54) is 31.4 Å². The summed E-state index contributed by atoms with van der Waals surface area (Å²) in [7, 11) is -7.27. The molecule has 0 unspecified atom stereocenters. The zero-order valence-electron chi connectivity index (χ0n) is 19.4. The fraction of sp³-hybridized carbons (Fsp3) is 0.308. The molecule has 0 saturated heterocycles. The molecule has 3 rings (SSSR count). The van der Waals surface area contributed by atoms with Crippen LogP contribution in [0.4, 0.5) is 0 Å². The molecule has 0 aliphatic heterocycles. The van der Waals surface area contributed by atoms with Gasteiger partial charge >= 0.3 is 10.1 Å². The average molecular weight is 505 g/mol. The summed E-state index contributed by atoms with van der Waals surface area (Å²) in [5, 5.41) is 0. The predicted molar refractivity (Wildman–Crippen MR) is 134 cm³/mol. The van der Waals surface area contributed by atoms with Crippen LogP contribution in [0.3, 0.4) is 0 Å². The van der Waals surface area contributed by atoms with E-state index >= 15 is 0 Å². The molecular weight excluding hydrogens is 472 g/mol. The van der Waals surface area contributed by atoms with E-state index in [-0.39, 0.29) is 16.4 Å². The van der Waals surface area contributed by atoms with Crippen LogP contribution in [0.15, 0.2) is 101 Å². The molecule has 8 heteroatoms. The maximum atomic E-state index is 11.8. The van der Waals surface area contributed by atoms with E-state index < -0.39 is 20.2 Å². The largest absolute Gasteiger partial charge is 0.379 e. The Morgan fingerprint density at radius 1 is 0.559 bits per heavy atom. The third kappa shape index (κ3) is 10.1. The molecule has 0 bridgehead atoms. The van der Waals surface area contributed by atoms with Crippen LogP contribution >= 0.6 is 0 Å². The Labute approximate surface area is 203 Å². The first-order valence-corrected chi connectivity index (χ1v) is 14.2. The lowest BCUT2D eigenvalue weighted by Crippen LogP contribution is -2.09. The minimum atomic E-state index is -3.71. The predicted octanol–water partition coefficient (Wildman–Crippen LogP) is 6.21. The molecule has 0 heterocycles. The van der Waals surface area contributed by atoms with E-state index in [4.69, 9.17) is 8.37 Å². The topological polar surface area (TPSA) is 86.7 Å². The number of benzene rings is 3. The third-order valence-electron chi connectivity index (χ3n) is 4.75. The summed E-state index contributed by atoms with van der Waals surface area (Å²) in [6, 6.07) is 24.8. The standard InChI is InChI=1S/C14H22O3S.C12H10O3S/c1-2-3-4-5-6-10-13-17-18(15,16)14-11-8-7-9-12-14;13-16(14,12-9-5-2-6-10-12)15-11-7-3-1-4-8-11/h7-9,11-12H,2-6,10,13H2,1H3;1-10H. The van der Waals surface area contributed by atoms with Gasteiger partial charge in [-0.1, -0.05) is 93.6 Å². The Morgan fingerprint density at radius 3 is 1.53 bits per heavy atom. The van der Waals surface area contributed by atoms with Crippen LogP contribution in [0.1, 0.15) is 45.4 Å². The lowest BCUT2D eigenvalue weighted by Gasteiger charge is -2.05. The van der Waals surface area contributed by atoms with E-state index in [0.29, 0.717) is 5.75 Å². The number of para-hydroxylation sites is 1. The van der Waals surface area contributed by atoms with Gasteiger partial charge in [-0.2, -0.15) is 16.8 Å². The first-order chi connectivity index (χ1) is 16.3. The summed E-state index contributed by atoms with van der Waals surface area (Å²) in [6.07, 6.45) is 6.69. The Bertz CT molecular complexity index is 1150. The molecule has 0 aromatic heterocycles. The van der Waals surface area contributed by atoms with Gasteiger partial charge in [0.05, 0.1) is 11.5 Å². The van der Waals surface area contributed by atoms with Crippen molar-refractivity contribution in [3.05, 3.63) is 91.0 Å². The molecule has 0 N–H and O–H groups in total. The molecule has 3 aromatic rings. The monoisotopic (exact) mass is 504 g/mol. The summed E-state index contributed by atoms with van der Waals surface area (Å²) >= 11 is 0. The highest BCUT2D eigenvalue weighted by molar-refractivity contribution is 7.87. The second kappa shape index (κ2) is 14.6. The van der Waals surface area contributed by atoms with Crippen LogP contribution in [0.25, 0.3) is 0 Å². The van der Waals surface area contributed by atoms with Gasteiger partial charge in [0.1, 0.15) is 10.6 Å². The Morgan fingerprint density at radius 2 is 1.00 bits per heavy atom. The van der Waals surface area contributed by atoms with E-state index in [9.17, 15) is 16.8 Å². The van der Waals surface area contributed by atoms with Crippen molar-refractivity contribution in [1.29, 1.82) is 0 Å². The van der Waals surface area contributed by atoms with Crippen LogP contribution in [0.2, 0.25) is 0 Å². The lowest BCUT2D eigenvalue weighted by atomic mass is 10.1. The maximum absolute atomic E-state index is 11.8. The molecular formula is C26H32O6S2. The quantitative estimate of drug-likeness (QED) is 0.215. The third-order valence-corrected chi connectivity index (χ3v) is 7.34. The maximum Gasteiger partial charge on any atom is 0.339 e. The van der Waals surface area contributed by atoms with Crippen molar-refractivity contribution in [2.24, 2.45) is 0 Å². The molecule has 0 fully saturated rings. The zero-order chi connectivity index (χ0) is 24.7. The highest BCUT2D eigenvalue weighted by Gasteiger charge is 2.15. The number of hydrogen-bond acceptors (Lipinski definition) is 6. The van der Waals surface area contributed by atoms with Crippen LogP contribution in [-0.4, -0.2) is 23.4 Å². The molecule has 34 heavy (non-hydrogen) atoms. The summed E-state index contributed by atoms with van der Waals surface area (Å²) in [4.78, 5) is 0.384. The lowest BCUT2D eigenvalue weighted by molar-refractivity contribution is 0.306. The van der Waals surface area contributed by atoms with E-state index in [0.717, 1.165) is 19.3 Å². The van der Waals surface area contributed by atoms with Crippen molar-refractivity contribution >= 4 is 20.2 Å². The number of hydrogen-bond donors (Lipinski definition) is 0. The Kier molecular flexibility index (Phi) is 11.8. The van der Waals surface area contributed by atoms with Crippen molar-refractivity contribution in [2.75, 3.05) is 6.61 Å². The minimum Gasteiger partial charge on any atom is -0.379 e. The SMILES string of the molecule is CCCCCCCCOS(=O)(=O)c1ccccc1.O=S(=O)(Oc1ccccc1)c1ccccc1. The van der Waals surface area contributed by atoms with Gasteiger partial charge in [-0.25, -0.2) is 0 Å². The van der Waals surface area contributed by atoms with Gasteiger partial charge < -0.3 is 4.18 Å². The van der Waals surface area contributed by atoms with Gasteiger partial charge in [-0.3, -0.25) is 4.18 Å². The van der Waals surface area contributed by atoms with Crippen LogP contribution in [0.5, 0.6) is 5.75 Å². The van der Waals surface area contributed by atoms with Gasteiger partial charge in [-0.05, 0) is 42.8 Å².